The van der Waals surface area contributed by atoms with Crippen LogP contribution in [0.5, 0.6) is 0 Å². The summed E-state index contributed by atoms with van der Waals surface area (Å²) in [5.41, 5.74) is 6.26. The van der Waals surface area contributed by atoms with Crippen LogP contribution in [0.25, 0.3) is 22.4 Å². The second-order valence-electron chi connectivity index (χ2n) is 7.79. The average molecular weight is 373 g/mol. The highest BCUT2D eigenvalue weighted by Gasteiger charge is 2.30. The van der Waals surface area contributed by atoms with Crippen LogP contribution in [0.4, 0.5) is 5.69 Å². The van der Waals surface area contributed by atoms with Crippen molar-refractivity contribution in [2.45, 2.75) is 51.6 Å². The van der Waals surface area contributed by atoms with E-state index in [0.717, 1.165) is 40.9 Å². The normalized spacial score (nSPS) is 18.8. The maximum Gasteiger partial charge on any atom is 0.224 e. The summed E-state index contributed by atoms with van der Waals surface area (Å²) in [5, 5.41) is 4.57. The van der Waals surface area contributed by atoms with Crippen LogP contribution in [-0.4, -0.2) is 31.7 Å². The number of anilines is 1. The molecule has 1 aliphatic carbocycles. The lowest BCUT2D eigenvalue weighted by molar-refractivity contribution is -0.117. The molecule has 6 nitrogen and oxygen atoms in total. The molecule has 0 bridgehead atoms. The number of hydrogen-bond acceptors (Lipinski definition) is 4. The predicted molar refractivity (Wildman–Crippen MR) is 108 cm³/mol. The van der Waals surface area contributed by atoms with E-state index in [1.165, 1.54) is 18.4 Å². The summed E-state index contributed by atoms with van der Waals surface area (Å²) in [6, 6.07) is 4.92. The Bertz CT molecular complexity index is 1040. The summed E-state index contributed by atoms with van der Waals surface area (Å²) < 4.78 is 2.07. The van der Waals surface area contributed by atoms with Gasteiger partial charge in [-0.3, -0.25) is 19.4 Å². The lowest BCUT2D eigenvalue weighted by Gasteiger charge is -2.36. The zero-order valence-electron chi connectivity index (χ0n) is 16.2. The fourth-order valence-corrected chi connectivity index (χ4v) is 4.29. The van der Waals surface area contributed by atoms with Crippen molar-refractivity contribution in [2.75, 3.05) is 4.90 Å². The van der Waals surface area contributed by atoms with Crippen molar-refractivity contribution >= 4 is 11.6 Å². The SMILES string of the molecule is CC(=O)N1c2ccc(-c3cnn(C4CC4)c3)c(-c3cnccn3)c2CCC1C. The highest BCUT2D eigenvalue weighted by Crippen LogP contribution is 2.43. The van der Waals surface area contributed by atoms with E-state index < -0.39 is 0 Å². The van der Waals surface area contributed by atoms with Crippen LogP contribution in [0.15, 0.2) is 43.1 Å². The summed E-state index contributed by atoms with van der Waals surface area (Å²) in [6.07, 6.45) is 13.5. The van der Waals surface area contributed by atoms with Crippen LogP contribution in [0.1, 0.15) is 44.7 Å². The van der Waals surface area contributed by atoms with Gasteiger partial charge in [0, 0.05) is 48.4 Å². The first-order chi connectivity index (χ1) is 13.6. The van der Waals surface area contributed by atoms with Gasteiger partial charge in [-0.05, 0) is 49.8 Å². The van der Waals surface area contributed by atoms with Gasteiger partial charge in [-0.1, -0.05) is 6.07 Å². The smallest absolute Gasteiger partial charge is 0.224 e. The Morgan fingerprint density at radius 3 is 2.71 bits per heavy atom. The van der Waals surface area contributed by atoms with Crippen molar-refractivity contribution in [1.29, 1.82) is 0 Å². The van der Waals surface area contributed by atoms with E-state index in [-0.39, 0.29) is 11.9 Å². The Morgan fingerprint density at radius 1 is 1.14 bits per heavy atom. The van der Waals surface area contributed by atoms with E-state index in [1.54, 1.807) is 25.5 Å². The first-order valence-electron chi connectivity index (χ1n) is 9.90. The molecule has 1 fully saturated rings. The van der Waals surface area contributed by atoms with Crippen molar-refractivity contribution in [3.8, 4) is 22.4 Å². The van der Waals surface area contributed by atoms with Crippen molar-refractivity contribution in [3.63, 3.8) is 0 Å². The zero-order chi connectivity index (χ0) is 19.3. The number of fused-ring (bicyclic) bond motifs is 1. The Balaban J connectivity index is 1.72. The van der Waals surface area contributed by atoms with Gasteiger partial charge in [0.05, 0.1) is 24.1 Å². The molecule has 0 radical (unpaired) electrons. The minimum Gasteiger partial charge on any atom is -0.310 e. The molecule has 5 rings (SSSR count). The van der Waals surface area contributed by atoms with E-state index in [2.05, 4.69) is 45.0 Å². The number of carbonyl (C=O) groups is 1. The molecule has 6 heteroatoms. The minimum absolute atomic E-state index is 0.0767. The zero-order valence-corrected chi connectivity index (χ0v) is 16.2. The molecule has 1 saturated carbocycles. The van der Waals surface area contributed by atoms with Gasteiger partial charge in [-0.15, -0.1) is 0 Å². The number of hydrogen-bond donors (Lipinski definition) is 0. The van der Waals surface area contributed by atoms with Crippen molar-refractivity contribution in [1.82, 2.24) is 19.7 Å². The van der Waals surface area contributed by atoms with Gasteiger partial charge in [-0.25, -0.2) is 0 Å². The summed E-state index contributed by atoms with van der Waals surface area (Å²) >= 11 is 0. The van der Waals surface area contributed by atoms with Gasteiger partial charge in [0.2, 0.25) is 5.91 Å². The summed E-state index contributed by atoms with van der Waals surface area (Å²) in [6.45, 7) is 3.75. The topological polar surface area (TPSA) is 63.9 Å². The molecule has 1 aromatic carbocycles. The molecule has 0 N–H and O–H groups in total. The summed E-state index contributed by atoms with van der Waals surface area (Å²) in [7, 11) is 0. The van der Waals surface area contributed by atoms with E-state index in [1.807, 2.05) is 11.1 Å². The molecule has 0 spiro atoms. The molecule has 142 valence electrons. The lowest BCUT2D eigenvalue weighted by atomic mass is 9.87. The van der Waals surface area contributed by atoms with Crippen LogP contribution in [0, 0.1) is 0 Å². The molecule has 1 atom stereocenters. The predicted octanol–water partition coefficient (Wildman–Crippen LogP) is 4.03. The summed E-state index contributed by atoms with van der Waals surface area (Å²) in [5.74, 6) is 0.0767. The number of rotatable bonds is 3. The Hall–Kier alpha value is -3.02. The standard InChI is InChI=1S/C22H23N5O/c1-14-3-6-19-21(27(14)15(2)28)8-7-18(22(19)20-12-23-9-10-24-20)16-11-25-26(13-16)17-4-5-17/h7-14,17H,3-6H2,1-2H3. The molecular formula is C22H23N5O. The van der Waals surface area contributed by atoms with Gasteiger partial charge in [-0.2, -0.15) is 5.10 Å². The number of aromatic nitrogens is 4. The van der Waals surface area contributed by atoms with E-state index in [4.69, 9.17) is 0 Å². The quantitative estimate of drug-likeness (QED) is 0.695. The van der Waals surface area contributed by atoms with Crippen LogP contribution in [-0.2, 0) is 11.2 Å². The first kappa shape index (κ1) is 17.1. The van der Waals surface area contributed by atoms with Gasteiger partial charge < -0.3 is 4.90 Å². The molecule has 0 saturated heterocycles. The molecule has 3 aromatic rings. The molecule has 2 aliphatic rings. The molecule has 2 aromatic heterocycles. The Labute approximate surface area is 164 Å². The van der Waals surface area contributed by atoms with Crippen LogP contribution >= 0.6 is 0 Å². The van der Waals surface area contributed by atoms with E-state index >= 15 is 0 Å². The molecule has 28 heavy (non-hydrogen) atoms. The van der Waals surface area contributed by atoms with Crippen LogP contribution in [0.2, 0.25) is 0 Å². The van der Waals surface area contributed by atoms with Crippen molar-refractivity contribution in [3.05, 3.63) is 48.7 Å². The maximum absolute atomic E-state index is 12.3. The second-order valence-corrected chi connectivity index (χ2v) is 7.79. The summed E-state index contributed by atoms with van der Waals surface area (Å²) in [4.78, 5) is 23.1. The fourth-order valence-electron chi connectivity index (χ4n) is 4.29. The molecule has 1 aliphatic heterocycles. The Morgan fingerprint density at radius 2 is 2.00 bits per heavy atom. The molecule has 3 heterocycles. The van der Waals surface area contributed by atoms with Gasteiger partial charge >= 0.3 is 0 Å². The third-order valence-electron chi connectivity index (χ3n) is 5.79. The molecular weight excluding hydrogens is 350 g/mol. The number of carbonyl (C=O) groups excluding carboxylic acids is 1. The van der Waals surface area contributed by atoms with Gasteiger partial charge in [0.15, 0.2) is 0 Å². The fraction of sp³-hybridized carbons (Fsp3) is 0.364. The lowest BCUT2D eigenvalue weighted by Crippen LogP contribution is -2.40. The van der Waals surface area contributed by atoms with Gasteiger partial charge in [0.25, 0.3) is 0 Å². The Kier molecular flexibility index (Phi) is 4.00. The van der Waals surface area contributed by atoms with Crippen molar-refractivity contribution < 1.29 is 4.79 Å². The third kappa shape index (κ3) is 2.80. The largest absolute Gasteiger partial charge is 0.310 e. The first-order valence-corrected chi connectivity index (χ1v) is 9.90. The number of nitrogens with zero attached hydrogens (tertiary/aromatic N) is 5. The minimum atomic E-state index is 0.0767. The van der Waals surface area contributed by atoms with Gasteiger partial charge in [0.1, 0.15) is 0 Å². The highest BCUT2D eigenvalue weighted by atomic mass is 16.2. The van der Waals surface area contributed by atoms with Crippen LogP contribution in [0.3, 0.4) is 0 Å². The maximum atomic E-state index is 12.3. The van der Waals surface area contributed by atoms with Crippen molar-refractivity contribution in [2.24, 2.45) is 0 Å². The van der Waals surface area contributed by atoms with Crippen LogP contribution < -0.4 is 4.90 Å². The third-order valence-corrected chi connectivity index (χ3v) is 5.79. The van der Waals surface area contributed by atoms with E-state index in [9.17, 15) is 4.79 Å². The highest BCUT2D eigenvalue weighted by molar-refractivity contribution is 5.97. The monoisotopic (exact) mass is 373 g/mol. The molecule has 1 amide bonds. The molecule has 1 unspecified atom stereocenters. The second kappa shape index (κ2) is 6.55. The average Bonchev–Trinajstić information content (AvgIpc) is 3.44. The number of amides is 1. The number of benzene rings is 1. The van der Waals surface area contributed by atoms with E-state index in [0.29, 0.717) is 6.04 Å².